The average Bonchev–Trinajstić information content (AvgIpc) is 2.62. The third-order valence-corrected chi connectivity index (χ3v) is 1.62. The van der Waals surface area contributed by atoms with Crippen LogP contribution in [0.15, 0.2) is 12.1 Å². The smallest absolute Gasteiger partial charge is 0.267 e. The predicted octanol–water partition coefficient (Wildman–Crippen LogP) is 0.967. The van der Waals surface area contributed by atoms with Crippen molar-refractivity contribution >= 4 is 12.2 Å². The molecule has 0 saturated heterocycles. The van der Waals surface area contributed by atoms with E-state index in [1.807, 2.05) is 6.92 Å². The summed E-state index contributed by atoms with van der Waals surface area (Å²) in [6, 6.07) is 3.17. The van der Waals surface area contributed by atoms with Gasteiger partial charge in [-0.05, 0) is 18.6 Å². The minimum absolute atomic E-state index is 0.171. The lowest BCUT2D eigenvalue weighted by Crippen LogP contribution is -2.24. The molecule has 0 aromatic carbocycles. The highest BCUT2D eigenvalue weighted by atomic mass is 16.2. The molecule has 0 atom stereocenters. The Morgan fingerprint density at radius 2 is 2.38 bits per heavy atom. The number of carbonyl (C=O) groups is 2. The van der Waals surface area contributed by atoms with Crippen molar-refractivity contribution in [1.29, 1.82) is 0 Å². The van der Waals surface area contributed by atoms with Crippen LogP contribution in [0.5, 0.6) is 0 Å². The van der Waals surface area contributed by atoms with Gasteiger partial charge in [0.1, 0.15) is 5.69 Å². The number of hydrogen-bond acceptors (Lipinski definition) is 2. The van der Waals surface area contributed by atoms with E-state index in [1.165, 1.54) is 0 Å². The molecule has 4 nitrogen and oxygen atoms in total. The number of aromatic amines is 1. The zero-order valence-electron chi connectivity index (χ0n) is 7.46. The molecule has 1 heterocycles. The van der Waals surface area contributed by atoms with E-state index >= 15 is 0 Å². The second-order valence-electron chi connectivity index (χ2n) is 2.70. The van der Waals surface area contributed by atoms with Crippen LogP contribution in [0.3, 0.4) is 0 Å². The lowest BCUT2D eigenvalue weighted by Gasteiger charge is -1.99. The molecule has 0 radical (unpaired) electrons. The number of aromatic nitrogens is 1. The Morgan fingerprint density at radius 1 is 1.62 bits per heavy atom. The first-order valence-electron chi connectivity index (χ1n) is 4.20. The van der Waals surface area contributed by atoms with Crippen LogP contribution in [0.2, 0.25) is 0 Å². The predicted molar refractivity (Wildman–Crippen MR) is 48.8 cm³/mol. The molecule has 0 aliphatic rings. The van der Waals surface area contributed by atoms with E-state index in [0.717, 1.165) is 6.42 Å². The van der Waals surface area contributed by atoms with Crippen molar-refractivity contribution in [2.24, 2.45) is 0 Å². The fourth-order valence-electron chi connectivity index (χ4n) is 0.947. The van der Waals surface area contributed by atoms with Crippen LogP contribution in [0.4, 0.5) is 0 Å². The number of hydrogen-bond donors (Lipinski definition) is 2. The summed E-state index contributed by atoms with van der Waals surface area (Å²) in [5.74, 6) is -0.171. The molecule has 1 aromatic heterocycles. The first-order valence-corrected chi connectivity index (χ1v) is 4.20. The molecule has 0 aliphatic heterocycles. The summed E-state index contributed by atoms with van der Waals surface area (Å²) in [5, 5.41) is 2.70. The topological polar surface area (TPSA) is 62.0 Å². The van der Waals surface area contributed by atoms with Gasteiger partial charge >= 0.3 is 0 Å². The maximum absolute atomic E-state index is 11.3. The molecule has 2 N–H and O–H groups in total. The van der Waals surface area contributed by atoms with E-state index < -0.39 is 0 Å². The van der Waals surface area contributed by atoms with Crippen molar-refractivity contribution < 1.29 is 9.59 Å². The average molecular weight is 180 g/mol. The van der Waals surface area contributed by atoms with Gasteiger partial charge in [-0.3, -0.25) is 9.59 Å². The van der Waals surface area contributed by atoms with E-state index in [-0.39, 0.29) is 5.91 Å². The highest BCUT2D eigenvalue weighted by Gasteiger charge is 2.05. The van der Waals surface area contributed by atoms with Gasteiger partial charge in [0.2, 0.25) is 0 Å². The standard InChI is InChI=1S/C9H12N2O2/c1-2-5-10-9(13)8-4-3-7(6-12)11-8/h3-4,6,11H,2,5H2,1H3,(H,10,13). The zero-order valence-corrected chi connectivity index (χ0v) is 7.46. The van der Waals surface area contributed by atoms with Gasteiger partial charge in [-0.1, -0.05) is 6.92 Å². The second kappa shape index (κ2) is 4.45. The molecule has 1 aromatic rings. The van der Waals surface area contributed by atoms with Crippen molar-refractivity contribution in [1.82, 2.24) is 10.3 Å². The second-order valence-corrected chi connectivity index (χ2v) is 2.70. The summed E-state index contributed by atoms with van der Waals surface area (Å²) in [4.78, 5) is 24.3. The third-order valence-electron chi connectivity index (χ3n) is 1.62. The molecule has 70 valence electrons. The van der Waals surface area contributed by atoms with Gasteiger partial charge in [-0.2, -0.15) is 0 Å². The van der Waals surface area contributed by atoms with Crippen molar-refractivity contribution in [3.8, 4) is 0 Å². The fourth-order valence-corrected chi connectivity index (χ4v) is 0.947. The first-order chi connectivity index (χ1) is 6.27. The van der Waals surface area contributed by atoms with E-state index in [4.69, 9.17) is 0 Å². The van der Waals surface area contributed by atoms with Crippen LogP contribution in [-0.4, -0.2) is 23.7 Å². The van der Waals surface area contributed by atoms with Crippen LogP contribution >= 0.6 is 0 Å². The maximum atomic E-state index is 11.3. The Balaban J connectivity index is 2.60. The van der Waals surface area contributed by atoms with E-state index in [1.54, 1.807) is 12.1 Å². The van der Waals surface area contributed by atoms with Crippen molar-refractivity contribution in [2.75, 3.05) is 6.54 Å². The Kier molecular flexibility index (Phi) is 3.25. The lowest BCUT2D eigenvalue weighted by atomic mass is 10.4. The molecular weight excluding hydrogens is 168 g/mol. The monoisotopic (exact) mass is 180 g/mol. The summed E-state index contributed by atoms with van der Waals surface area (Å²) < 4.78 is 0. The van der Waals surface area contributed by atoms with Crippen LogP contribution in [0.25, 0.3) is 0 Å². The molecule has 4 heteroatoms. The van der Waals surface area contributed by atoms with Gasteiger partial charge in [0.15, 0.2) is 6.29 Å². The van der Waals surface area contributed by atoms with E-state index in [2.05, 4.69) is 10.3 Å². The Hall–Kier alpha value is -1.58. The van der Waals surface area contributed by atoms with Gasteiger partial charge in [0.05, 0.1) is 5.69 Å². The Labute approximate surface area is 76.3 Å². The van der Waals surface area contributed by atoms with Gasteiger partial charge in [0.25, 0.3) is 5.91 Å². The summed E-state index contributed by atoms with van der Waals surface area (Å²) in [6.07, 6.45) is 1.57. The number of aldehydes is 1. The molecule has 0 spiro atoms. The third kappa shape index (κ3) is 2.43. The van der Waals surface area contributed by atoms with Crippen molar-refractivity contribution in [3.63, 3.8) is 0 Å². The van der Waals surface area contributed by atoms with Crippen LogP contribution in [-0.2, 0) is 0 Å². The lowest BCUT2D eigenvalue weighted by molar-refractivity contribution is 0.0949. The highest BCUT2D eigenvalue weighted by molar-refractivity contribution is 5.93. The molecule has 1 rings (SSSR count). The van der Waals surface area contributed by atoms with Crippen molar-refractivity contribution in [2.45, 2.75) is 13.3 Å². The number of amides is 1. The summed E-state index contributed by atoms with van der Waals surface area (Å²) in [6.45, 7) is 2.63. The molecule has 0 saturated carbocycles. The maximum Gasteiger partial charge on any atom is 0.267 e. The SMILES string of the molecule is CCCNC(=O)c1ccc(C=O)[nH]1. The van der Waals surface area contributed by atoms with Gasteiger partial charge in [0, 0.05) is 6.54 Å². The quantitative estimate of drug-likeness (QED) is 0.678. The minimum Gasteiger partial charge on any atom is -0.351 e. The molecular formula is C9H12N2O2. The molecule has 0 bridgehead atoms. The fraction of sp³-hybridized carbons (Fsp3) is 0.333. The molecule has 0 unspecified atom stereocenters. The van der Waals surface area contributed by atoms with Crippen LogP contribution in [0.1, 0.15) is 34.3 Å². The number of rotatable bonds is 4. The van der Waals surface area contributed by atoms with Crippen LogP contribution < -0.4 is 5.32 Å². The molecule has 13 heavy (non-hydrogen) atoms. The van der Waals surface area contributed by atoms with E-state index in [9.17, 15) is 9.59 Å². The Morgan fingerprint density at radius 3 is 2.92 bits per heavy atom. The molecule has 0 aliphatic carbocycles. The molecule has 0 fully saturated rings. The van der Waals surface area contributed by atoms with Gasteiger partial charge < -0.3 is 10.3 Å². The number of carbonyl (C=O) groups excluding carboxylic acids is 2. The number of H-pyrrole nitrogens is 1. The summed E-state index contributed by atoms with van der Waals surface area (Å²) >= 11 is 0. The highest BCUT2D eigenvalue weighted by Crippen LogP contribution is 1.98. The van der Waals surface area contributed by atoms with E-state index in [0.29, 0.717) is 24.2 Å². The first kappa shape index (κ1) is 9.51. The summed E-state index contributed by atoms with van der Waals surface area (Å²) in [5.41, 5.74) is 0.845. The zero-order chi connectivity index (χ0) is 9.68. The largest absolute Gasteiger partial charge is 0.351 e. The molecule has 1 amide bonds. The van der Waals surface area contributed by atoms with Crippen molar-refractivity contribution in [3.05, 3.63) is 23.5 Å². The normalized spacial score (nSPS) is 9.62. The van der Waals surface area contributed by atoms with Crippen LogP contribution in [0, 0.1) is 0 Å². The van der Waals surface area contributed by atoms with Gasteiger partial charge in [-0.15, -0.1) is 0 Å². The Bertz CT molecular complexity index is 304. The number of nitrogens with one attached hydrogen (secondary N) is 2. The minimum atomic E-state index is -0.171. The summed E-state index contributed by atoms with van der Waals surface area (Å²) in [7, 11) is 0. The van der Waals surface area contributed by atoms with Gasteiger partial charge in [-0.25, -0.2) is 0 Å².